The number of carbonyl (C=O) groups excluding carboxylic acids is 1. The fourth-order valence-electron chi connectivity index (χ4n) is 3.30. The van der Waals surface area contributed by atoms with E-state index >= 15 is 0 Å². The van der Waals surface area contributed by atoms with Gasteiger partial charge in [0.15, 0.2) is 11.0 Å². The number of thioether (sulfide) groups is 1. The molecule has 29 heavy (non-hydrogen) atoms. The Morgan fingerprint density at radius 1 is 1.07 bits per heavy atom. The SMILES string of the molecule is Cc1ccccc1-c1nnc(SCC(=O)NC(CC(C)C)c2ccccc2)n1C. The topological polar surface area (TPSA) is 59.8 Å². The van der Waals surface area contributed by atoms with Crippen molar-refractivity contribution in [1.82, 2.24) is 20.1 Å². The quantitative estimate of drug-likeness (QED) is 0.545. The van der Waals surface area contributed by atoms with Crippen LogP contribution in [-0.2, 0) is 11.8 Å². The summed E-state index contributed by atoms with van der Waals surface area (Å²) in [5.74, 6) is 1.61. The molecule has 1 aromatic heterocycles. The van der Waals surface area contributed by atoms with Crippen LogP contribution >= 0.6 is 11.8 Å². The zero-order valence-electron chi connectivity index (χ0n) is 17.4. The van der Waals surface area contributed by atoms with Crippen LogP contribution in [0, 0.1) is 12.8 Å². The highest BCUT2D eigenvalue weighted by Gasteiger charge is 2.18. The summed E-state index contributed by atoms with van der Waals surface area (Å²) in [6.45, 7) is 6.40. The molecule has 0 aliphatic carbocycles. The van der Waals surface area contributed by atoms with Crippen molar-refractivity contribution in [3.8, 4) is 11.4 Å². The third-order valence-corrected chi connectivity index (χ3v) is 5.82. The number of nitrogens with one attached hydrogen (secondary N) is 1. The van der Waals surface area contributed by atoms with Crippen molar-refractivity contribution in [2.45, 2.75) is 38.4 Å². The van der Waals surface area contributed by atoms with E-state index in [1.54, 1.807) is 0 Å². The molecular weight excluding hydrogens is 380 g/mol. The minimum absolute atomic E-state index is 0.00458. The van der Waals surface area contributed by atoms with Gasteiger partial charge in [0.1, 0.15) is 0 Å². The van der Waals surface area contributed by atoms with Gasteiger partial charge in [-0.25, -0.2) is 0 Å². The first-order valence-electron chi connectivity index (χ1n) is 9.88. The summed E-state index contributed by atoms with van der Waals surface area (Å²) in [5, 5.41) is 12.5. The lowest BCUT2D eigenvalue weighted by atomic mass is 9.97. The molecule has 1 unspecified atom stereocenters. The van der Waals surface area contributed by atoms with Crippen molar-refractivity contribution in [1.29, 1.82) is 0 Å². The van der Waals surface area contributed by atoms with Crippen molar-refractivity contribution >= 4 is 17.7 Å². The lowest BCUT2D eigenvalue weighted by Crippen LogP contribution is -2.31. The Kier molecular flexibility index (Phi) is 7.09. The van der Waals surface area contributed by atoms with Gasteiger partial charge in [0.25, 0.3) is 0 Å². The zero-order valence-corrected chi connectivity index (χ0v) is 18.2. The van der Waals surface area contributed by atoms with Gasteiger partial charge in [0.2, 0.25) is 5.91 Å². The molecule has 0 aliphatic rings. The molecular formula is C23H28N4OS. The van der Waals surface area contributed by atoms with Crippen LogP contribution in [0.25, 0.3) is 11.4 Å². The van der Waals surface area contributed by atoms with Crippen LogP contribution in [0.3, 0.4) is 0 Å². The van der Waals surface area contributed by atoms with E-state index in [-0.39, 0.29) is 11.9 Å². The van der Waals surface area contributed by atoms with Crippen LogP contribution in [0.5, 0.6) is 0 Å². The molecule has 3 aromatic rings. The number of carbonyl (C=O) groups is 1. The minimum atomic E-state index is 0.00458. The molecule has 1 amide bonds. The number of hydrogen-bond acceptors (Lipinski definition) is 4. The fourth-order valence-corrected chi connectivity index (χ4v) is 4.02. The third-order valence-electron chi connectivity index (χ3n) is 4.80. The van der Waals surface area contributed by atoms with Gasteiger partial charge in [0.05, 0.1) is 11.8 Å². The number of aryl methyl sites for hydroxylation is 1. The first-order chi connectivity index (χ1) is 14.0. The van der Waals surface area contributed by atoms with Crippen molar-refractivity contribution < 1.29 is 4.79 Å². The van der Waals surface area contributed by atoms with Gasteiger partial charge in [-0.1, -0.05) is 80.2 Å². The standard InChI is InChI=1S/C23H28N4OS/c1-16(2)14-20(18-11-6-5-7-12-18)24-21(28)15-29-23-26-25-22(27(23)4)19-13-9-8-10-17(19)3/h5-13,16,20H,14-15H2,1-4H3,(H,24,28). The monoisotopic (exact) mass is 408 g/mol. The first kappa shape index (κ1) is 21.1. The van der Waals surface area contributed by atoms with Gasteiger partial charge in [0, 0.05) is 12.6 Å². The Balaban J connectivity index is 1.65. The molecule has 0 saturated carbocycles. The summed E-state index contributed by atoms with van der Waals surface area (Å²) >= 11 is 1.41. The van der Waals surface area contributed by atoms with Crippen LogP contribution in [0.4, 0.5) is 0 Å². The van der Waals surface area contributed by atoms with Crippen LogP contribution in [0.15, 0.2) is 59.8 Å². The van der Waals surface area contributed by atoms with E-state index < -0.39 is 0 Å². The van der Waals surface area contributed by atoms with E-state index in [0.717, 1.165) is 34.1 Å². The number of hydrogen-bond donors (Lipinski definition) is 1. The molecule has 3 rings (SSSR count). The largest absolute Gasteiger partial charge is 0.349 e. The molecule has 0 aliphatic heterocycles. The van der Waals surface area contributed by atoms with E-state index in [9.17, 15) is 4.79 Å². The minimum Gasteiger partial charge on any atom is -0.349 e. The summed E-state index contributed by atoms with van der Waals surface area (Å²) in [7, 11) is 1.94. The first-order valence-corrected chi connectivity index (χ1v) is 10.9. The van der Waals surface area contributed by atoms with Crippen LogP contribution in [0.2, 0.25) is 0 Å². The Bertz CT molecular complexity index is 953. The lowest BCUT2D eigenvalue weighted by molar-refractivity contribution is -0.119. The summed E-state index contributed by atoms with van der Waals surface area (Å²) in [6, 6.07) is 18.3. The second-order valence-electron chi connectivity index (χ2n) is 7.63. The highest BCUT2D eigenvalue weighted by atomic mass is 32.2. The van der Waals surface area contributed by atoms with Crippen molar-refractivity contribution in [3.63, 3.8) is 0 Å². The maximum atomic E-state index is 12.6. The second kappa shape index (κ2) is 9.74. The van der Waals surface area contributed by atoms with Crippen molar-refractivity contribution in [2.75, 3.05) is 5.75 Å². The van der Waals surface area contributed by atoms with Crippen molar-refractivity contribution in [3.05, 3.63) is 65.7 Å². The summed E-state index contributed by atoms with van der Waals surface area (Å²) in [4.78, 5) is 12.6. The zero-order chi connectivity index (χ0) is 20.8. The van der Waals surface area contributed by atoms with E-state index in [1.807, 2.05) is 48.0 Å². The summed E-state index contributed by atoms with van der Waals surface area (Å²) in [6.07, 6.45) is 0.905. The average Bonchev–Trinajstić information content (AvgIpc) is 3.07. The molecule has 0 spiro atoms. The molecule has 1 atom stereocenters. The van der Waals surface area contributed by atoms with Crippen LogP contribution in [0.1, 0.15) is 37.4 Å². The maximum absolute atomic E-state index is 12.6. The predicted molar refractivity (Wildman–Crippen MR) is 119 cm³/mol. The highest BCUT2D eigenvalue weighted by Crippen LogP contribution is 2.25. The van der Waals surface area contributed by atoms with E-state index in [1.165, 1.54) is 11.8 Å². The Morgan fingerprint density at radius 3 is 2.45 bits per heavy atom. The van der Waals surface area contributed by atoms with Crippen molar-refractivity contribution in [2.24, 2.45) is 13.0 Å². The Hall–Kier alpha value is -2.60. The molecule has 0 fully saturated rings. The molecule has 1 N–H and O–H groups in total. The molecule has 0 radical (unpaired) electrons. The molecule has 2 aromatic carbocycles. The average molecular weight is 409 g/mol. The molecule has 0 saturated heterocycles. The maximum Gasteiger partial charge on any atom is 0.230 e. The number of rotatable bonds is 8. The number of nitrogens with zero attached hydrogens (tertiary/aromatic N) is 3. The van der Waals surface area contributed by atoms with Gasteiger partial charge >= 0.3 is 0 Å². The van der Waals surface area contributed by atoms with E-state index in [4.69, 9.17) is 0 Å². The van der Waals surface area contributed by atoms with E-state index in [2.05, 4.69) is 54.5 Å². The smallest absolute Gasteiger partial charge is 0.230 e. The van der Waals surface area contributed by atoms with Gasteiger partial charge in [-0.2, -0.15) is 0 Å². The summed E-state index contributed by atoms with van der Waals surface area (Å²) < 4.78 is 1.95. The predicted octanol–water partition coefficient (Wildman–Crippen LogP) is 4.79. The number of benzene rings is 2. The van der Waals surface area contributed by atoms with Crippen LogP contribution in [-0.4, -0.2) is 26.4 Å². The lowest BCUT2D eigenvalue weighted by Gasteiger charge is -2.21. The molecule has 6 heteroatoms. The molecule has 152 valence electrons. The van der Waals surface area contributed by atoms with Gasteiger partial charge in [-0.3, -0.25) is 4.79 Å². The van der Waals surface area contributed by atoms with Gasteiger partial charge < -0.3 is 9.88 Å². The Morgan fingerprint density at radius 2 is 1.76 bits per heavy atom. The summed E-state index contributed by atoms with van der Waals surface area (Å²) in [5.41, 5.74) is 3.34. The number of amides is 1. The number of aromatic nitrogens is 3. The fraction of sp³-hybridized carbons (Fsp3) is 0.348. The van der Waals surface area contributed by atoms with Crippen LogP contribution < -0.4 is 5.32 Å². The van der Waals surface area contributed by atoms with Gasteiger partial charge in [-0.15, -0.1) is 10.2 Å². The molecule has 0 bridgehead atoms. The molecule has 5 nitrogen and oxygen atoms in total. The normalized spacial score (nSPS) is 12.2. The highest BCUT2D eigenvalue weighted by molar-refractivity contribution is 7.99. The van der Waals surface area contributed by atoms with Gasteiger partial charge in [-0.05, 0) is 30.4 Å². The Labute approximate surface area is 176 Å². The third kappa shape index (κ3) is 5.48. The second-order valence-corrected chi connectivity index (χ2v) is 8.57. The van der Waals surface area contributed by atoms with E-state index in [0.29, 0.717) is 11.7 Å². The molecule has 1 heterocycles.